The molecule has 2 fully saturated rings. The van der Waals surface area contributed by atoms with Gasteiger partial charge in [0.15, 0.2) is 5.96 Å². The summed E-state index contributed by atoms with van der Waals surface area (Å²) in [6.07, 6.45) is 10.1. The Morgan fingerprint density at radius 2 is 2.14 bits per heavy atom. The molecule has 0 radical (unpaired) electrons. The monoisotopic (exact) mass is 518 g/mol. The Morgan fingerprint density at radius 3 is 2.72 bits per heavy atom. The van der Waals surface area contributed by atoms with Crippen LogP contribution < -0.4 is 10.2 Å². The summed E-state index contributed by atoms with van der Waals surface area (Å²) in [7, 11) is 3.63. The van der Waals surface area contributed by atoms with Crippen molar-refractivity contribution in [3.8, 4) is 0 Å². The van der Waals surface area contributed by atoms with Gasteiger partial charge in [0.25, 0.3) is 0 Å². The molecule has 0 aromatic carbocycles. The molecule has 1 N–H and O–H groups in total. The number of carbonyl (C=O) groups excluding carboxylic acids is 1. The van der Waals surface area contributed by atoms with Crippen LogP contribution in [0.3, 0.4) is 0 Å². The molecule has 1 aromatic rings. The van der Waals surface area contributed by atoms with Gasteiger partial charge in [-0.2, -0.15) is 5.10 Å². The highest BCUT2D eigenvalue weighted by atomic mass is 127. The number of ether oxygens (including phenoxy) is 1. The van der Waals surface area contributed by atoms with Crippen LogP contribution in [0.2, 0.25) is 0 Å². The zero-order chi connectivity index (χ0) is 19.9. The maximum absolute atomic E-state index is 12.6. The van der Waals surface area contributed by atoms with Gasteiger partial charge in [0, 0.05) is 46.5 Å². The highest BCUT2D eigenvalue weighted by Gasteiger charge is 2.28. The zero-order valence-corrected chi connectivity index (χ0v) is 20.2. The number of halogens is 1. The van der Waals surface area contributed by atoms with Crippen molar-refractivity contribution >= 4 is 41.5 Å². The van der Waals surface area contributed by atoms with Crippen LogP contribution in [0.25, 0.3) is 0 Å². The lowest BCUT2D eigenvalue weighted by atomic mass is 9.98. The predicted molar refractivity (Wildman–Crippen MR) is 126 cm³/mol. The molecule has 1 saturated heterocycles. The fourth-order valence-electron chi connectivity index (χ4n) is 4.33. The van der Waals surface area contributed by atoms with Crippen LogP contribution in [0.4, 0.5) is 5.69 Å². The van der Waals surface area contributed by atoms with Crippen LogP contribution >= 0.6 is 24.0 Å². The lowest BCUT2D eigenvalue weighted by molar-refractivity contribution is -0.120. The number of aliphatic imine (C=N–C) groups is 1. The molecular weight excluding hydrogens is 483 g/mol. The first-order chi connectivity index (χ1) is 13.6. The Balaban J connectivity index is 0.00000300. The minimum absolute atomic E-state index is 0. The van der Waals surface area contributed by atoms with E-state index in [-0.39, 0.29) is 29.9 Å². The fourth-order valence-corrected chi connectivity index (χ4v) is 4.33. The smallest absolute Gasteiger partial charge is 0.246 e. The second kappa shape index (κ2) is 11.7. The lowest BCUT2D eigenvalue weighted by Gasteiger charge is -2.35. The van der Waals surface area contributed by atoms with Crippen molar-refractivity contribution in [2.45, 2.75) is 45.1 Å². The first-order valence-corrected chi connectivity index (χ1v) is 10.5. The van der Waals surface area contributed by atoms with Crippen LogP contribution in [0.5, 0.6) is 0 Å². The first kappa shape index (κ1) is 23.9. The number of piperazine rings is 1. The van der Waals surface area contributed by atoms with Crippen LogP contribution in [-0.4, -0.2) is 72.5 Å². The molecule has 0 spiro atoms. The number of anilines is 1. The molecular formula is C20H35IN6O2. The maximum atomic E-state index is 12.6. The minimum atomic E-state index is 0. The first-order valence-electron chi connectivity index (χ1n) is 10.5. The molecule has 1 atom stereocenters. The lowest BCUT2D eigenvalue weighted by Crippen LogP contribution is -2.55. The van der Waals surface area contributed by atoms with E-state index in [9.17, 15) is 4.79 Å². The second-order valence-corrected chi connectivity index (χ2v) is 7.64. The molecule has 8 nitrogen and oxygen atoms in total. The van der Waals surface area contributed by atoms with E-state index in [1.54, 1.807) is 22.8 Å². The quantitative estimate of drug-likeness (QED) is 0.341. The second-order valence-electron chi connectivity index (χ2n) is 7.64. The summed E-state index contributed by atoms with van der Waals surface area (Å²) >= 11 is 0. The van der Waals surface area contributed by atoms with E-state index in [1.165, 1.54) is 25.7 Å². The van der Waals surface area contributed by atoms with Gasteiger partial charge in [0.2, 0.25) is 5.91 Å². The summed E-state index contributed by atoms with van der Waals surface area (Å²) in [5.41, 5.74) is 0.853. The average molecular weight is 518 g/mol. The molecule has 1 aliphatic heterocycles. The Morgan fingerprint density at radius 1 is 1.38 bits per heavy atom. The standard InChI is InChI=1S/C20H34N6O2.HI/c1-4-28-18(16-7-5-6-8-16)9-10-22-20(21-2)25-11-12-26(19(27)15-25)17-13-23-24(3)14-17;/h13-14,16,18H,4-12,15H2,1-3H3,(H,21,22);1H. The van der Waals surface area contributed by atoms with E-state index < -0.39 is 0 Å². The number of amides is 1. The van der Waals surface area contributed by atoms with Crippen molar-refractivity contribution in [3.63, 3.8) is 0 Å². The van der Waals surface area contributed by atoms with Crippen molar-refractivity contribution < 1.29 is 9.53 Å². The van der Waals surface area contributed by atoms with Crippen molar-refractivity contribution in [2.75, 3.05) is 44.7 Å². The number of guanidine groups is 1. The largest absolute Gasteiger partial charge is 0.378 e. The fraction of sp³-hybridized carbons (Fsp3) is 0.750. The van der Waals surface area contributed by atoms with Crippen LogP contribution in [-0.2, 0) is 16.6 Å². The Kier molecular flexibility index (Phi) is 9.67. The predicted octanol–water partition coefficient (Wildman–Crippen LogP) is 2.25. The molecule has 2 heterocycles. The van der Waals surface area contributed by atoms with E-state index in [4.69, 9.17) is 4.74 Å². The van der Waals surface area contributed by atoms with E-state index in [2.05, 4.69) is 22.3 Å². The van der Waals surface area contributed by atoms with E-state index >= 15 is 0 Å². The number of nitrogens with one attached hydrogen (secondary N) is 1. The normalized spacial score (nSPS) is 19.4. The molecule has 1 unspecified atom stereocenters. The summed E-state index contributed by atoms with van der Waals surface area (Å²) in [5.74, 6) is 1.55. The van der Waals surface area contributed by atoms with Gasteiger partial charge in [-0.25, -0.2) is 0 Å². The summed E-state index contributed by atoms with van der Waals surface area (Å²) in [6.45, 7) is 5.35. The number of nitrogens with zero attached hydrogens (tertiary/aromatic N) is 5. The molecule has 2 aliphatic rings. The van der Waals surface area contributed by atoms with Crippen LogP contribution in [0, 0.1) is 5.92 Å². The number of carbonyl (C=O) groups is 1. The molecule has 1 amide bonds. The molecule has 29 heavy (non-hydrogen) atoms. The summed E-state index contributed by atoms with van der Waals surface area (Å²) in [6, 6.07) is 0. The number of hydrogen-bond donors (Lipinski definition) is 1. The van der Waals surface area contributed by atoms with Crippen molar-refractivity contribution in [1.29, 1.82) is 0 Å². The maximum Gasteiger partial charge on any atom is 0.246 e. The molecule has 1 saturated carbocycles. The van der Waals surface area contributed by atoms with Crippen LogP contribution in [0.1, 0.15) is 39.0 Å². The van der Waals surface area contributed by atoms with Gasteiger partial charge in [-0.1, -0.05) is 12.8 Å². The molecule has 9 heteroatoms. The molecule has 3 rings (SSSR count). The van der Waals surface area contributed by atoms with Gasteiger partial charge in [0.05, 0.1) is 18.0 Å². The highest BCUT2D eigenvalue weighted by Crippen LogP contribution is 2.30. The van der Waals surface area contributed by atoms with Crippen molar-refractivity contribution in [3.05, 3.63) is 12.4 Å². The summed E-state index contributed by atoms with van der Waals surface area (Å²) in [5, 5.41) is 7.60. The SMILES string of the molecule is CCOC(CCNC(=NC)N1CCN(c2cnn(C)c2)C(=O)C1)C1CCCC1.I. The topological polar surface area (TPSA) is 75.0 Å². The third kappa shape index (κ3) is 6.31. The van der Waals surface area contributed by atoms with Gasteiger partial charge in [-0.3, -0.25) is 14.5 Å². The van der Waals surface area contributed by atoms with E-state index in [1.807, 2.05) is 18.1 Å². The third-order valence-electron chi connectivity index (χ3n) is 5.75. The van der Waals surface area contributed by atoms with Gasteiger partial charge in [-0.05, 0) is 32.1 Å². The number of aromatic nitrogens is 2. The van der Waals surface area contributed by atoms with Gasteiger partial charge in [-0.15, -0.1) is 24.0 Å². The van der Waals surface area contributed by atoms with Gasteiger partial charge >= 0.3 is 0 Å². The highest BCUT2D eigenvalue weighted by molar-refractivity contribution is 14.0. The van der Waals surface area contributed by atoms with Crippen molar-refractivity contribution in [1.82, 2.24) is 20.0 Å². The zero-order valence-electron chi connectivity index (χ0n) is 17.8. The molecule has 0 bridgehead atoms. The number of rotatable bonds is 7. The Bertz CT molecular complexity index is 674. The van der Waals surface area contributed by atoms with Crippen LogP contribution in [0.15, 0.2) is 17.4 Å². The average Bonchev–Trinajstić information content (AvgIpc) is 3.36. The Labute approximate surface area is 191 Å². The van der Waals surface area contributed by atoms with E-state index in [0.717, 1.165) is 37.8 Å². The third-order valence-corrected chi connectivity index (χ3v) is 5.75. The van der Waals surface area contributed by atoms with Gasteiger partial charge < -0.3 is 19.9 Å². The minimum Gasteiger partial charge on any atom is -0.378 e. The summed E-state index contributed by atoms with van der Waals surface area (Å²) in [4.78, 5) is 20.8. The molecule has 164 valence electrons. The molecule has 1 aromatic heterocycles. The number of aryl methyl sites for hydroxylation is 1. The van der Waals surface area contributed by atoms with E-state index in [0.29, 0.717) is 25.1 Å². The Hall–Kier alpha value is -1.36. The number of hydrogen-bond acceptors (Lipinski definition) is 4. The molecule has 1 aliphatic carbocycles. The van der Waals surface area contributed by atoms with Crippen molar-refractivity contribution in [2.24, 2.45) is 18.0 Å². The summed E-state index contributed by atoms with van der Waals surface area (Å²) < 4.78 is 7.72. The van der Waals surface area contributed by atoms with Gasteiger partial charge in [0.1, 0.15) is 6.54 Å².